The Balaban J connectivity index is 1.94. The first kappa shape index (κ1) is 20.1. The topological polar surface area (TPSA) is 50.4 Å². The quantitative estimate of drug-likeness (QED) is 0.613. The Morgan fingerprint density at radius 3 is 2.28 bits per heavy atom. The second-order valence-corrected chi connectivity index (χ2v) is 7.06. The summed E-state index contributed by atoms with van der Waals surface area (Å²) in [4.78, 5) is 12.2. The van der Waals surface area contributed by atoms with E-state index in [1.165, 1.54) is 6.07 Å². The SMILES string of the molecule is CC(Oc1ccc(Cl)cc1Cl)C(=O)NC(=S)Nc1cc(Cl)cc(Cl)c1. The van der Waals surface area contributed by atoms with Crippen LogP contribution >= 0.6 is 58.6 Å². The zero-order valence-electron chi connectivity index (χ0n) is 12.8. The van der Waals surface area contributed by atoms with Crippen molar-refractivity contribution in [2.75, 3.05) is 5.32 Å². The maximum atomic E-state index is 12.2. The lowest BCUT2D eigenvalue weighted by molar-refractivity contribution is -0.125. The summed E-state index contributed by atoms with van der Waals surface area (Å²) in [6, 6.07) is 9.56. The second-order valence-electron chi connectivity index (χ2n) is 4.94. The zero-order valence-corrected chi connectivity index (χ0v) is 16.6. The van der Waals surface area contributed by atoms with Crippen molar-refractivity contribution in [2.24, 2.45) is 0 Å². The van der Waals surface area contributed by atoms with E-state index in [-0.39, 0.29) is 5.11 Å². The van der Waals surface area contributed by atoms with E-state index in [2.05, 4.69) is 10.6 Å². The van der Waals surface area contributed by atoms with Crippen LogP contribution < -0.4 is 15.4 Å². The number of anilines is 1. The van der Waals surface area contributed by atoms with Crippen LogP contribution in [-0.4, -0.2) is 17.1 Å². The van der Waals surface area contributed by atoms with Crippen molar-refractivity contribution in [2.45, 2.75) is 13.0 Å². The number of hydrogen-bond acceptors (Lipinski definition) is 3. The molecule has 0 aliphatic carbocycles. The van der Waals surface area contributed by atoms with Crippen molar-refractivity contribution in [1.82, 2.24) is 5.32 Å². The van der Waals surface area contributed by atoms with Crippen LogP contribution in [0.1, 0.15) is 6.92 Å². The summed E-state index contributed by atoms with van der Waals surface area (Å²) in [7, 11) is 0. The summed E-state index contributed by atoms with van der Waals surface area (Å²) in [5, 5.41) is 7.09. The summed E-state index contributed by atoms with van der Waals surface area (Å²) in [6.07, 6.45) is -0.832. The third-order valence-corrected chi connectivity index (χ3v) is 4.10. The highest BCUT2D eigenvalue weighted by Gasteiger charge is 2.17. The van der Waals surface area contributed by atoms with Crippen LogP contribution in [0.15, 0.2) is 36.4 Å². The van der Waals surface area contributed by atoms with Crippen molar-refractivity contribution in [3.63, 3.8) is 0 Å². The number of nitrogens with one attached hydrogen (secondary N) is 2. The fourth-order valence-electron chi connectivity index (χ4n) is 1.82. The summed E-state index contributed by atoms with van der Waals surface area (Å²) < 4.78 is 5.52. The summed E-state index contributed by atoms with van der Waals surface area (Å²) in [5.74, 6) is -0.106. The lowest BCUT2D eigenvalue weighted by Gasteiger charge is -2.16. The molecule has 25 heavy (non-hydrogen) atoms. The van der Waals surface area contributed by atoms with Crippen molar-refractivity contribution in [3.05, 3.63) is 56.5 Å². The minimum absolute atomic E-state index is 0.0842. The summed E-state index contributed by atoms with van der Waals surface area (Å²) in [5.41, 5.74) is 0.553. The molecule has 1 unspecified atom stereocenters. The molecule has 0 heterocycles. The maximum absolute atomic E-state index is 12.2. The Morgan fingerprint density at radius 2 is 1.68 bits per heavy atom. The molecule has 0 aliphatic heterocycles. The van der Waals surface area contributed by atoms with E-state index in [0.717, 1.165) is 0 Å². The lowest BCUT2D eigenvalue weighted by Crippen LogP contribution is -2.42. The molecule has 0 saturated heterocycles. The van der Waals surface area contributed by atoms with E-state index in [1.807, 2.05) is 0 Å². The van der Waals surface area contributed by atoms with Gasteiger partial charge in [0.25, 0.3) is 5.91 Å². The molecule has 0 bridgehead atoms. The highest BCUT2D eigenvalue weighted by atomic mass is 35.5. The van der Waals surface area contributed by atoms with Gasteiger partial charge >= 0.3 is 0 Å². The largest absolute Gasteiger partial charge is 0.479 e. The Morgan fingerprint density at radius 1 is 1.04 bits per heavy atom. The molecule has 0 radical (unpaired) electrons. The standard InChI is InChI=1S/C16H12Cl4N2O2S/c1-8(24-14-3-2-9(17)7-13(14)20)15(23)22-16(25)21-12-5-10(18)4-11(19)6-12/h2-8H,1H3,(H2,21,22,23,25). The van der Waals surface area contributed by atoms with Crippen LogP contribution in [0.4, 0.5) is 5.69 Å². The summed E-state index contributed by atoms with van der Waals surface area (Å²) in [6.45, 7) is 1.57. The predicted octanol–water partition coefficient (Wildman–Crippen LogP) is 5.58. The third kappa shape index (κ3) is 6.20. The maximum Gasteiger partial charge on any atom is 0.266 e. The molecular formula is C16H12Cl4N2O2S. The number of ether oxygens (including phenoxy) is 1. The van der Waals surface area contributed by atoms with Crippen LogP contribution in [0, 0.1) is 0 Å². The number of carbonyl (C=O) groups is 1. The average molecular weight is 438 g/mol. The smallest absolute Gasteiger partial charge is 0.266 e. The molecule has 0 aliphatic rings. The van der Waals surface area contributed by atoms with E-state index in [1.54, 1.807) is 37.3 Å². The van der Waals surface area contributed by atoms with E-state index in [9.17, 15) is 4.79 Å². The van der Waals surface area contributed by atoms with Gasteiger partial charge in [0.05, 0.1) is 5.02 Å². The molecule has 1 amide bonds. The molecule has 2 aromatic carbocycles. The lowest BCUT2D eigenvalue weighted by atomic mass is 10.3. The Hall–Kier alpha value is -1.24. The van der Waals surface area contributed by atoms with Crippen LogP contribution in [0.2, 0.25) is 20.1 Å². The molecule has 0 aromatic heterocycles. The van der Waals surface area contributed by atoms with Crippen LogP contribution in [-0.2, 0) is 4.79 Å². The first-order valence-corrected chi connectivity index (χ1v) is 8.86. The molecule has 2 aromatic rings. The first-order valence-electron chi connectivity index (χ1n) is 6.94. The van der Waals surface area contributed by atoms with Gasteiger partial charge in [0.15, 0.2) is 11.2 Å². The number of thiocarbonyl (C=S) groups is 1. The second kappa shape index (κ2) is 8.92. The molecule has 0 spiro atoms. The van der Waals surface area contributed by atoms with E-state index >= 15 is 0 Å². The van der Waals surface area contributed by atoms with Gasteiger partial charge in [-0.05, 0) is 55.5 Å². The van der Waals surface area contributed by atoms with Crippen molar-refractivity contribution in [3.8, 4) is 5.75 Å². The monoisotopic (exact) mass is 436 g/mol. The predicted molar refractivity (Wildman–Crippen MR) is 107 cm³/mol. The van der Waals surface area contributed by atoms with E-state index in [0.29, 0.717) is 31.5 Å². The number of carbonyl (C=O) groups excluding carboxylic acids is 1. The molecule has 4 nitrogen and oxygen atoms in total. The first-order chi connectivity index (χ1) is 11.7. The van der Waals surface area contributed by atoms with Gasteiger partial charge in [-0.1, -0.05) is 46.4 Å². The van der Waals surface area contributed by atoms with Crippen LogP contribution in [0.25, 0.3) is 0 Å². The molecular weight excluding hydrogens is 426 g/mol. The van der Waals surface area contributed by atoms with Gasteiger partial charge in [0.1, 0.15) is 5.75 Å². The highest BCUT2D eigenvalue weighted by Crippen LogP contribution is 2.28. The van der Waals surface area contributed by atoms with Crippen molar-refractivity contribution in [1.29, 1.82) is 0 Å². The highest BCUT2D eigenvalue weighted by molar-refractivity contribution is 7.80. The van der Waals surface area contributed by atoms with Gasteiger partial charge < -0.3 is 10.1 Å². The van der Waals surface area contributed by atoms with Gasteiger partial charge in [-0.2, -0.15) is 0 Å². The van der Waals surface area contributed by atoms with Gasteiger partial charge in [0.2, 0.25) is 0 Å². The van der Waals surface area contributed by atoms with Gasteiger partial charge in [-0.3, -0.25) is 10.1 Å². The number of amides is 1. The van der Waals surface area contributed by atoms with Crippen molar-refractivity contribution < 1.29 is 9.53 Å². The average Bonchev–Trinajstić information content (AvgIpc) is 2.48. The molecule has 2 rings (SSSR count). The van der Waals surface area contributed by atoms with Crippen LogP contribution in [0.3, 0.4) is 0 Å². The number of rotatable bonds is 4. The van der Waals surface area contributed by atoms with Crippen LogP contribution in [0.5, 0.6) is 5.75 Å². The number of halogens is 4. The van der Waals surface area contributed by atoms with Gasteiger partial charge in [0, 0.05) is 20.8 Å². The Bertz CT molecular complexity index is 796. The van der Waals surface area contributed by atoms with E-state index in [4.69, 9.17) is 63.4 Å². The number of hydrogen-bond donors (Lipinski definition) is 2. The molecule has 0 fully saturated rings. The molecule has 132 valence electrons. The zero-order chi connectivity index (χ0) is 18.6. The Kier molecular flexibility index (Phi) is 7.16. The minimum atomic E-state index is -0.832. The van der Waals surface area contributed by atoms with Crippen molar-refractivity contribution >= 4 is 75.3 Å². The molecule has 0 saturated carbocycles. The van der Waals surface area contributed by atoms with E-state index < -0.39 is 12.0 Å². The fourth-order valence-corrected chi connectivity index (χ4v) is 3.01. The summed E-state index contributed by atoms with van der Waals surface area (Å²) >= 11 is 28.8. The third-order valence-electron chi connectivity index (χ3n) is 2.92. The Labute approximate surface area is 170 Å². The molecule has 1 atom stereocenters. The van der Waals surface area contributed by atoms with Gasteiger partial charge in [-0.25, -0.2) is 0 Å². The molecule has 2 N–H and O–H groups in total. The normalized spacial score (nSPS) is 11.6. The number of benzene rings is 2. The minimum Gasteiger partial charge on any atom is -0.479 e. The fraction of sp³-hybridized carbons (Fsp3) is 0.125. The van der Waals surface area contributed by atoms with Gasteiger partial charge in [-0.15, -0.1) is 0 Å². The molecule has 9 heteroatoms.